The van der Waals surface area contributed by atoms with E-state index in [0.29, 0.717) is 0 Å². The number of halogens is 5. The Morgan fingerprint density at radius 3 is 1.88 bits per heavy atom. The summed E-state index contributed by atoms with van der Waals surface area (Å²) in [4.78, 5) is -3.72. The van der Waals surface area contributed by atoms with Crippen LogP contribution in [0.2, 0.25) is 0 Å². The van der Waals surface area contributed by atoms with Gasteiger partial charge in [-0.05, 0) is 15.9 Å². The van der Waals surface area contributed by atoms with Crippen LogP contribution in [0.25, 0.3) is 0 Å². The van der Waals surface area contributed by atoms with Crippen molar-refractivity contribution in [2.75, 3.05) is 6.67 Å². The minimum absolute atomic E-state index is 1.66. The molecule has 0 spiro atoms. The molecule has 0 aliphatic rings. The molecule has 5 heteroatoms. The van der Waals surface area contributed by atoms with Crippen molar-refractivity contribution in [3.05, 3.63) is 0 Å². The molecule has 0 N–H and O–H groups in total. The number of hydrogen-bond acceptors (Lipinski definition) is 0. The molecule has 0 radical (unpaired) electrons. The fraction of sp³-hybridized carbons (Fsp3) is 1.00. The van der Waals surface area contributed by atoms with Gasteiger partial charge in [-0.1, -0.05) is 0 Å². The van der Waals surface area contributed by atoms with E-state index < -0.39 is 17.7 Å². The molecule has 0 aliphatic heterocycles. The molecule has 0 saturated carbocycles. The third-order valence-electron chi connectivity index (χ3n) is 0.491. The Hall–Kier alpha value is 0.200. The standard InChI is InChI=1S/C3H3BrF4/c4-3(7,8)2(6)1-5/h2H,1H2. The molecule has 0 aromatic rings. The van der Waals surface area contributed by atoms with E-state index in [1.165, 1.54) is 0 Å². The van der Waals surface area contributed by atoms with E-state index >= 15 is 0 Å². The molecule has 0 aromatic carbocycles. The maximum absolute atomic E-state index is 11.5. The SMILES string of the molecule is FCC(F)C(F)(F)Br. The van der Waals surface area contributed by atoms with E-state index in [1.54, 1.807) is 15.9 Å². The van der Waals surface area contributed by atoms with Gasteiger partial charge in [0.25, 0.3) is 0 Å². The van der Waals surface area contributed by atoms with E-state index in [-0.39, 0.29) is 0 Å². The predicted molar refractivity (Wildman–Crippen MR) is 24.7 cm³/mol. The van der Waals surface area contributed by atoms with Crippen LogP contribution < -0.4 is 0 Å². The van der Waals surface area contributed by atoms with Gasteiger partial charge in [0.1, 0.15) is 6.67 Å². The second-order valence-electron chi connectivity index (χ2n) is 1.16. The number of hydrogen-bond donors (Lipinski definition) is 0. The normalized spacial score (nSPS) is 16.1. The zero-order valence-electron chi connectivity index (χ0n) is 3.67. The molecule has 0 amide bonds. The highest BCUT2D eigenvalue weighted by atomic mass is 79.9. The molecule has 0 fully saturated rings. The highest BCUT2D eigenvalue weighted by Crippen LogP contribution is 2.28. The highest BCUT2D eigenvalue weighted by molar-refractivity contribution is 9.10. The summed E-state index contributed by atoms with van der Waals surface area (Å²) in [7, 11) is 0. The van der Waals surface area contributed by atoms with Crippen molar-refractivity contribution in [3.63, 3.8) is 0 Å². The Morgan fingerprint density at radius 2 is 1.88 bits per heavy atom. The zero-order valence-corrected chi connectivity index (χ0v) is 5.26. The number of rotatable bonds is 2. The van der Waals surface area contributed by atoms with Gasteiger partial charge in [0, 0.05) is 0 Å². The molecule has 1 unspecified atom stereocenters. The maximum Gasteiger partial charge on any atom is 0.334 e. The molecule has 0 aromatic heterocycles. The lowest BCUT2D eigenvalue weighted by molar-refractivity contribution is 0.0102. The van der Waals surface area contributed by atoms with Gasteiger partial charge in [-0.15, -0.1) is 0 Å². The van der Waals surface area contributed by atoms with Crippen LogP contribution in [-0.2, 0) is 0 Å². The van der Waals surface area contributed by atoms with Crippen LogP contribution in [0.5, 0.6) is 0 Å². The molecular weight excluding hydrogens is 192 g/mol. The van der Waals surface area contributed by atoms with E-state index in [2.05, 4.69) is 0 Å². The van der Waals surface area contributed by atoms with Crippen molar-refractivity contribution < 1.29 is 17.6 Å². The fourth-order valence-corrected chi connectivity index (χ4v) is 0.210. The quantitative estimate of drug-likeness (QED) is 0.468. The van der Waals surface area contributed by atoms with E-state index in [1.807, 2.05) is 0 Å². The summed E-state index contributed by atoms with van der Waals surface area (Å²) in [5.41, 5.74) is 0. The summed E-state index contributed by atoms with van der Waals surface area (Å²) in [5.74, 6) is 0. The summed E-state index contributed by atoms with van der Waals surface area (Å²) in [5, 5.41) is 0. The molecule has 0 saturated heterocycles. The predicted octanol–water partition coefficient (Wildman–Crippen LogP) is 2.28. The molecule has 50 valence electrons. The molecule has 0 nitrogen and oxygen atoms in total. The summed E-state index contributed by atoms with van der Waals surface area (Å²) in [6.07, 6.45) is -2.73. The van der Waals surface area contributed by atoms with Gasteiger partial charge in [0.2, 0.25) is 6.17 Å². The molecule has 0 bridgehead atoms. The first-order valence-corrected chi connectivity index (χ1v) is 2.54. The Balaban J connectivity index is 3.62. The average Bonchev–Trinajstić information content (AvgIpc) is 1.62. The van der Waals surface area contributed by atoms with Gasteiger partial charge < -0.3 is 0 Å². The molecular formula is C3H3BrF4. The molecule has 8 heavy (non-hydrogen) atoms. The first kappa shape index (κ1) is 8.20. The van der Waals surface area contributed by atoms with Crippen LogP contribution >= 0.6 is 15.9 Å². The van der Waals surface area contributed by atoms with E-state index in [9.17, 15) is 17.6 Å². The Morgan fingerprint density at radius 1 is 1.50 bits per heavy atom. The van der Waals surface area contributed by atoms with Gasteiger partial charge in [0.15, 0.2) is 0 Å². The Bertz CT molecular complexity index is 68.2. The third-order valence-corrected chi connectivity index (χ3v) is 0.987. The lowest BCUT2D eigenvalue weighted by Crippen LogP contribution is -2.23. The van der Waals surface area contributed by atoms with Crippen LogP contribution in [0.1, 0.15) is 0 Å². The number of alkyl halides is 5. The van der Waals surface area contributed by atoms with Gasteiger partial charge in [-0.25, -0.2) is 8.78 Å². The smallest absolute Gasteiger partial charge is 0.248 e. The largest absolute Gasteiger partial charge is 0.334 e. The summed E-state index contributed by atoms with van der Waals surface area (Å²) in [6, 6.07) is 0. The third kappa shape index (κ3) is 2.49. The van der Waals surface area contributed by atoms with Crippen LogP contribution in [0.3, 0.4) is 0 Å². The fourth-order valence-electron chi connectivity index (χ4n) is 0.0875. The summed E-state index contributed by atoms with van der Waals surface area (Å²) < 4.78 is 45.3. The van der Waals surface area contributed by atoms with E-state index in [4.69, 9.17) is 0 Å². The molecule has 1 atom stereocenters. The van der Waals surface area contributed by atoms with Crippen LogP contribution in [0.4, 0.5) is 17.6 Å². The van der Waals surface area contributed by atoms with Crippen molar-refractivity contribution >= 4 is 15.9 Å². The second kappa shape index (κ2) is 2.66. The van der Waals surface area contributed by atoms with Crippen molar-refractivity contribution in [1.82, 2.24) is 0 Å². The topological polar surface area (TPSA) is 0 Å². The average molecular weight is 195 g/mol. The molecule has 0 rings (SSSR count). The Labute approximate surface area is 52.0 Å². The van der Waals surface area contributed by atoms with Gasteiger partial charge in [0.05, 0.1) is 0 Å². The van der Waals surface area contributed by atoms with Gasteiger partial charge in [-0.2, -0.15) is 8.78 Å². The minimum Gasteiger partial charge on any atom is -0.248 e. The van der Waals surface area contributed by atoms with Crippen LogP contribution in [0, 0.1) is 0 Å². The molecule has 0 aliphatic carbocycles. The first-order valence-electron chi connectivity index (χ1n) is 1.75. The lowest BCUT2D eigenvalue weighted by atomic mass is 10.4. The first-order chi connectivity index (χ1) is 3.48. The van der Waals surface area contributed by atoms with Crippen molar-refractivity contribution in [1.29, 1.82) is 0 Å². The van der Waals surface area contributed by atoms with Crippen LogP contribution in [-0.4, -0.2) is 17.7 Å². The van der Waals surface area contributed by atoms with Crippen molar-refractivity contribution in [2.45, 2.75) is 11.0 Å². The second-order valence-corrected chi connectivity index (χ2v) is 2.22. The van der Waals surface area contributed by atoms with Crippen molar-refractivity contribution in [2.24, 2.45) is 0 Å². The van der Waals surface area contributed by atoms with Gasteiger partial charge in [-0.3, -0.25) is 0 Å². The maximum atomic E-state index is 11.5. The Kier molecular flexibility index (Phi) is 2.73. The van der Waals surface area contributed by atoms with E-state index in [0.717, 1.165) is 0 Å². The van der Waals surface area contributed by atoms with Gasteiger partial charge >= 0.3 is 4.83 Å². The van der Waals surface area contributed by atoms with Crippen molar-refractivity contribution in [3.8, 4) is 0 Å². The summed E-state index contributed by atoms with van der Waals surface area (Å²) in [6.45, 7) is -1.67. The monoisotopic (exact) mass is 194 g/mol. The lowest BCUT2D eigenvalue weighted by Gasteiger charge is -2.08. The summed E-state index contributed by atoms with van der Waals surface area (Å²) >= 11 is 1.66. The minimum atomic E-state index is -3.72. The zero-order chi connectivity index (χ0) is 6.78. The molecule has 0 heterocycles. The highest BCUT2D eigenvalue weighted by Gasteiger charge is 2.36. The van der Waals surface area contributed by atoms with Crippen LogP contribution in [0.15, 0.2) is 0 Å².